The smallest absolute Gasteiger partial charge is 0.194 e. The molecule has 0 spiro atoms. The standard InChI is InChI=1S/C15H14N2O/c1-10-4-6-12(7-5-10)15(18)14-8-13(9-16)17(3)11(14)2/h4-8H,1-3H3. The number of hydrogen-bond acceptors (Lipinski definition) is 2. The van der Waals surface area contributed by atoms with Crippen LogP contribution >= 0.6 is 0 Å². The van der Waals surface area contributed by atoms with Crippen LogP contribution in [0.4, 0.5) is 0 Å². The van der Waals surface area contributed by atoms with Crippen LogP contribution in [0, 0.1) is 25.2 Å². The monoisotopic (exact) mass is 238 g/mol. The third kappa shape index (κ3) is 1.93. The van der Waals surface area contributed by atoms with Crippen molar-refractivity contribution in [2.75, 3.05) is 0 Å². The number of aryl methyl sites for hydroxylation is 1. The Bertz CT molecular complexity index is 642. The lowest BCUT2D eigenvalue weighted by Gasteiger charge is -2.02. The minimum atomic E-state index is -0.0374. The first-order valence-electron chi connectivity index (χ1n) is 5.72. The molecular formula is C15H14N2O. The average Bonchev–Trinajstić information content (AvgIpc) is 2.66. The number of benzene rings is 1. The van der Waals surface area contributed by atoms with Crippen LogP contribution in [0.2, 0.25) is 0 Å². The number of aromatic nitrogens is 1. The zero-order chi connectivity index (χ0) is 13.3. The molecule has 2 aromatic rings. The number of hydrogen-bond donors (Lipinski definition) is 0. The van der Waals surface area contributed by atoms with Crippen LogP contribution in [0.3, 0.4) is 0 Å². The normalized spacial score (nSPS) is 10.1. The Morgan fingerprint density at radius 3 is 2.33 bits per heavy atom. The third-order valence-electron chi connectivity index (χ3n) is 3.21. The van der Waals surface area contributed by atoms with Crippen molar-refractivity contribution in [2.45, 2.75) is 13.8 Å². The first kappa shape index (κ1) is 12.1. The highest BCUT2D eigenvalue weighted by atomic mass is 16.1. The summed E-state index contributed by atoms with van der Waals surface area (Å²) in [4.78, 5) is 12.3. The zero-order valence-electron chi connectivity index (χ0n) is 10.7. The second-order valence-corrected chi connectivity index (χ2v) is 4.39. The Morgan fingerprint density at radius 1 is 1.22 bits per heavy atom. The molecule has 0 fully saturated rings. The zero-order valence-corrected chi connectivity index (χ0v) is 10.7. The predicted molar refractivity (Wildman–Crippen MR) is 69.5 cm³/mol. The lowest BCUT2D eigenvalue weighted by molar-refractivity contribution is 0.103. The van der Waals surface area contributed by atoms with E-state index in [4.69, 9.17) is 5.26 Å². The molecule has 0 bridgehead atoms. The molecule has 0 unspecified atom stereocenters. The van der Waals surface area contributed by atoms with E-state index in [9.17, 15) is 4.79 Å². The maximum absolute atomic E-state index is 12.3. The van der Waals surface area contributed by atoms with E-state index in [1.54, 1.807) is 17.7 Å². The van der Waals surface area contributed by atoms with Gasteiger partial charge in [0.1, 0.15) is 11.8 Å². The summed E-state index contributed by atoms with van der Waals surface area (Å²) in [5, 5.41) is 8.96. The van der Waals surface area contributed by atoms with Gasteiger partial charge in [0.05, 0.1) is 0 Å². The quantitative estimate of drug-likeness (QED) is 0.755. The van der Waals surface area contributed by atoms with Crippen molar-refractivity contribution in [1.29, 1.82) is 5.26 Å². The topological polar surface area (TPSA) is 45.8 Å². The van der Waals surface area contributed by atoms with Crippen molar-refractivity contribution in [3.05, 3.63) is 58.4 Å². The lowest BCUT2D eigenvalue weighted by Crippen LogP contribution is -2.03. The van der Waals surface area contributed by atoms with Gasteiger partial charge < -0.3 is 4.57 Å². The Kier molecular flexibility index (Phi) is 3.03. The van der Waals surface area contributed by atoms with E-state index in [1.165, 1.54) is 0 Å². The molecule has 0 aliphatic rings. The maximum atomic E-state index is 12.3. The molecule has 0 aliphatic heterocycles. The first-order valence-corrected chi connectivity index (χ1v) is 5.72. The van der Waals surface area contributed by atoms with E-state index in [0.717, 1.165) is 11.3 Å². The van der Waals surface area contributed by atoms with Crippen molar-refractivity contribution in [1.82, 2.24) is 4.57 Å². The molecule has 0 atom stereocenters. The van der Waals surface area contributed by atoms with Gasteiger partial charge in [-0.1, -0.05) is 29.8 Å². The highest BCUT2D eigenvalue weighted by Gasteiger charge is 2.16. The van der Waals surface area contributed by atoms with Gasteiger partial charge >= 0.3 is 0 Å². The summed E-state index contributed by atoms with van der Waals surface area (Å²) < 4.78 is 1.74. The van der Waals surface area contributed by atoms with Gasteiger partial charge in [-0.3, -0.25) is 4.79 Å². The SMILES string of the molecule is Cc1ccc(C(=O)c2cc(C#N)n(C)c2C)cc1. The Balaban J connectivity index is 2.47. The molecule has 0 saturated heterocycles. The summed E-state index contributed by atoms with van der Waals surface area (Å²) in [6.45, 7) is 3.83. The molecular weight excluding hydrogens is 224 g/mol. The molecule has 90 valence electrons. The van der Waals surface area contributed by atoms with Crippen molar-refractivity contribution < 1.29 is 4.79 Å². The first-order chi connectivity index (χ1) is 8.54. The number of nitrogens with zero attached hydrogens (tertiary/aromatic N) is 2. The van der Waals surface area contributed by atoms with Crippen LogP contribution in [0.25, 0.3) is 0 Å². The summed E-state index contributed by atoms with van der Waals surface area (Å²) in [6, 6.07) is 11.2. The summed E-state index contributed by atoms with van der Waals surface area (Å²) in [5.41, 5.74) is 3.69. The molecule has 2 rings (SSSR count). The second kappa shape index (κ2) is 4.50. The van der Waals surface area contributed by atoms with Gasteiger partial charge in [0.2, 0.25) is 0 Å². The molecule has 1 heterocycles. The molecule has 1 aromatic heterocycles. The van der Waals surface area contributed by atoms with Crippen molar-refractivity contribution in [3.63, 3.8) is 0 Å². The van der Waals surface area contributed by atoms with Gasteiger partial charge in [-0.05, 0) is 19.9 Å². The van der Waals surface area contributed by atoms with E-state index in [2.05, 4.69) is 6.07 Å². The Hall–Kier alpha value is -2.34. The van der Waals surface area contributed by atoms with Crippen LogP contribution < -0.4 is 0 Å². The van der Waals surface area contributed by atoms with Crippen molar-refractivity contribution in [3.8, 4) is 6.07 Å². The van der Waals surface area contributed by atoms with Crippen LogP contribution in [0.15, 0.2) is 30.3 Å². The van der Waals surface area contributed by atoms with E-state index < -0.39 is 0 Å². The lowest BCUT2D eigenvalue weighted by atomic mass is 10.0. The molecule has 0 saturated carbocycles. The molecule has 3 nitrogen and oxygen atoms in total. The molecule has 0 N–H and O–H groups in total. The molecule has 0 amide bonds. The summed E-state index contributed by atoms with van der Waals surface area (Å²) >= 11 is 0. The number of rotatable bonds is 2. The van der Waals surface area contributed by atoms with E-state index in [-0.39, 0.29) is 5.78 Å². The fraction of sp³-hybridized carbons (Fsp3) is 0.200. The minimum absolute atomic E-state index is 0.0374. The highest BCUT2D eigenvalue weighted by Crippen LogP contribution is 2.18. The fourth-order valence-corrected chi connectivity index (χ4v) is 1.90. The van der Waals surface area contributed by atoms with Crippen LogP contribution in [0.5, 0.6) is 0 Å². The van der Waals surface area contributed by atoms with Crippen LogP contribution in [-0.4, -0.2) is 10.4 Å². The summed E-state index contributed by atoms with van der Waals surface area (Å²) in [6.07, 6.45) is 0. The van der Waals surface area contributed by atoms with E-state index >= 15 is 0 Å². The van der Waals surface area contributed by atoms with Crippen LogP contribution in [0.1, 0.15) is 32.9 Å². The predicted octanol–water partition coefficient (Wildman–Crippen LogP) is 2.74. The number of ketones is 1. The minimum Gasteiger partial charge on any atom is -0.339 e. The summed E-state index contributed by atoms with van der Waals surface area (Å²) in [5.74, 6) is -0.0374. The van der Waals surface area contributed by atoms with Gasteiger partial charge in [0, 0.05) is 23.9 Å². The Labute approximate surface area is 106 Å². The fourth-order valence-electron chi connectivity index (χ4n) is 1.90. The maximum Gasteiger partial charge on any atom is 0.194 e. The van der Waals surface area contributed by atoms with E-state index in [0.29, 0.717) is 16.8 Å². The van der Waals surface area contributed by atoms with E-state index in [1.807, 2.05) is 38.1 Å². The van der Waals surface area contributed by atoms with Gasteiger partial charge in [0.15, 0.2) is 5.78 Å². The van der Waals surface area contributed by atoms with Gasteiger partial charge in [-0.2, -0.15) is 5.26 Å². The van der Waals surface area contributed by atoms with Gasteiger partial charge in [0.25, 0.3) is 0 Å². The molecule has 0 aliphatic carbocycles. The van der Waals surface area contributed by atoms with Gasteiger partial charge in [-0.25, -0.2) is 0 Å². The molecule has 18 heavy (non-hydrogen) atoms. The van der Waals surface area contributed by atoms with Crippen molar-refractivity contribution in [2.24, 2.45) is 7.05 Å². The third-order valence-corrected chi connectivity index (χ3v) is 3.21. The second-order valence-electron chi connectivity index (χ2n) is 4.39. The molecule has 1 aromatic carbocycles. The average molecular weight is 238 g/mol. The number of carbonyl (C=O) groups is 1. The highest BCUT2D eigenvalue weighted by molar-refractivity contribution is 6.10. The van der Waals surface area contributed by atoms with Gasteiger partial charge in [-0.15, -0.1) is 0 Å². The molecule has 0 radical (unpaired) electrons. The number of nitriles is 1. The molecule has 3 heteroatoms. The van der Waals surface area contributed by atoms with Crippen LogP contribution in [-0.2, 0) is 7.05 Å². The largest absolute Gasteiger partial charge is 0.339 e. The Morgan fingerprint density at radius 2 is 1.83 bits per heavy atom. The van der Waals surface area contributed by atoms with Crippen molar-refractivity contribution >= 4 is 5.78 Å². The summed E-state index contributed by atoms with van der Waals surface area (Å²) in [7, 11) is 1.79. The number of carbonyl (C=O) groups excluding carboxylic acids is 1.